The van der Waals surface area contributed by atoms with Crippen LogP contribution in [0.15, 0.2) is 40.7 Å². The maximum atomic E-state index is 13.2. The van der Waals surface area contributed by atoms with Crippen molar-refractivity contribution in [2.24, 2.45) is 0 Å². The zero-order valence-electron chi connectivity index (χ0n) is 17.4. The summed E-state index contributed by atoms with van der Waals surface area (Å²) in [5, 5.41) is 17.0. The first-order valence-electron chi connectivity index (χ1n) is 9.69. The van der Waals surface area contributed by atoms with Crippen LogP contribution in [0.3, 0.4) is 0 Å². The minimum Gasteiger partial charge on any atom is -0.346 e. The fraction of sp³-hybridized carbons (Fsp3) is 0.238. The number of aromatic nitrogens is 2. The summed E-state index contributed by atoms with van der Waals surface area (Å²) < 4.78 is 26.7. The zero-order chi connectivity index (χ0) is 23.1. The maximum absolute atomic E-state index is 13.2. The molecule has 1 aromatic heterocycles. The summed E-state index contributed by atoms with van der Waals surface area (Å²) in [6, 6.07) is 9.09. The molecule has 7 nitrogen and oxygen atoms in total. The molecule has 11 heteroatoms. The van der Waals surface area contributed by atoms with Crippen LogP contribution < -0.4 is 16.0 Å². The van der Waals surface area contributed by atoms with Crippen molar-refractivity contribution >= 4 is 51.4 Å². The number of aryl methyl sites for hydroxylation is 2. The number of anilines is 3. The van der Waals surface area contributed by atoms with Crippen molar-refractivity contribution < 1.29 is 18.4 Å². The van der Waals surface area contributed by atoms with E-state index in [9.17, 15) is 18.4 Å². The van der Waals surface area contributed by atoms with Gasteiger partial charge in [0.05, 0.1) is 12.3 Å². The number of hydrogen-bond donors (Lipinski definition) is 3. The second-order valence-corrected chi connectivity index (χ2v) is 8.90. The molecule has 0 radical (unpaired) electrons. The number of hydrogen-bond acceptors (Lipinski definition) is 7. The molecule has 0 aliphatic carbocycles. The van der Waals surface area contributed by atoms with Gasteiger partial charge in [-0.2, -0.15) is 0 Å². The van der Waals surface area contributed by atoms with E-state index in [1.54, 1.807) is 0 Å². The van der Waals surface area contributed by atoms with Crippen LogP contribution in [-0.2, 0) is 16.0 Å². The van der Waals surface area contributed by atoms with Gasteiger partial charge in [-0.15, -0.1) is 10.2 Å². The quantitative estimate of drug-likeness (QED) is 0.398. The van der Waals surface area contributed by atoms with Crippen molar-refractivity contribution in [3.8, 4) is 0 Å². The molecular formula is C21H21F2N5O2S2. The van der Waals surface area contributed by atoms with Crippen molar-refractivity contribution in [1.29, 1.82) is 0 Å². The van der Waals surface area contributed by atoms with Crippen molar-refractivity contribution in [2.45, 2.75) is 24.6 Å². The van der Waals surface area contributed by atoms with Crippen LogP contribution >= 0.6 is 23.1 Å². The Balaban J connectivity index is 1.45. The van der Waals surface area contributed by atoms with Crippen LogP contribution in [0.4, 0.5) is 25.3 Å². The summed E-state index contributed by atoms with van der Waals surface area (Å²) in [7, 11) is 0. The second-order valence-electron chi connectivity index (χ2n) is 6.70. The molecule has 3 N–H and O–H groups in total. The lowest BCUT2D eigenvalue weighted by Crippen LogP contribution is -2.33. The molecule has 0 aliphatic heterocycles. The van der Waals surface area contributed by atoms with Gasteiger partial charge in [-0.3, -0.25) is 9.59 Å². The van der Waals surface area contributed by atoms with E-state index in [1.165, 1.54) is 34.7 Å². The molecule has 168 valence electrons. The Kier molecular flexibility index (Phi) is 8.12. The van der Waals surface area contributed by atoms with E-state index in [4.69, 9.17) is 0 Å². The molecule has 0 saturated heterocycles. The number of nitrogens with one attached hydrogen (secondary N) is 3. The average Bonchev–Trinajstić information content (AvgIpc) is 3.22. The maximum Gasteiger partial charge on any atom is 0.243 e. The Morgan fingerprint density at radius 3 is 2.66 bits per heavy atom. The summed E-state index contributed by atoms with van der Waals surface area (Å²) in [6.45, 7) is 3.80. The third-order valence-electron chi connectivity index (χ3n) is 4.35. The Hall–Kier alpha value is -3.05. The van der Waals surface area contributed by atoms with Gasteiger partial charge >= 0.3 is 0 Å². The standard InChI is InChI=1S/C21H21F2N5O2S2/c1-3-13-6-4-5-12(2)19(13)26-20-27-28-21(32-20)31-11-18(30)24-10-17(29)25-14-7-8-15(22)16(23)9-14/h4-9H,3,10-11H2,1-2H3,(H,24,30)(H,25,29)(H,26,27). The molecule has 0 unspecified atom stereocenters. The highest BCUT2D eigenvalue weighted by atomic mass is 32.2. The molecule has 3 aromatic rings. The molecule has 32 heavy (non-hydrogen) atoms. The van der Waals surface area contributed by atoms with E-state index in [1.807, 2.05) is 19.1 Å². The summed E-state index contributed by atoms with van der Waals surface area (Å²) in [5.41, 5.74) is 3.39. The lowest BCUT2D eigenvalue weighted by molar-refractivity contribution is -0.122. The zero-order valence-corrected chi connectivity index (χ0v) is 19.0. The van der Waals surface area contributed by atoms with E-state index in [0.717, 1.165) is 29.8 Å². The molecule has 0 spiro atoms. The molecule has 0 bridgehead atoms. The van der Waals surface area contributed by atoms with Crippen LogP contribution in [0.1, 0.15) is 18.1 Å². The topological polar surface area (TPSA) is 96.0 Å². The highest BCUT2D eigenvalue weighted by molar-refractivity contribution is 8.01. The number of thioether (sulfide) groups is 1. The van der Waals surface area contributed by atoms with Crippen LogP contribution in [0.2, 0.25) is 0 Å². The van der Waals surface area contributed by atoms with Crippen LogP contribution in [0, 0.1) is 18.6 Å². The van der Waals surface area contributed by atoms with Gasteiger partial charge in [0.15, 0.2) is 16.0 Å². The first kappa shape index (κ1) is 23.6. The molecule has 1 heterocycles. The third-order valence-corrected chi connectivity index (χ3v) is 6.33. The van der Waals surface area contributed by atoms with Crippen LogP contribution in [-0.4, -0.2) is 34.3 Å². The van der Waals surface area contributed by atoms with Gasteiger partial charge in [0.1, 0.15) is 0 Å². The smallest absolute Gasteiger partial charge is 0.243 e. The fourth-order valence-corrected chi connectivity index (χ4v) is 4.35. The van der Waals surface area contributed by atoms with Gasteiger partial charge in [0.25, 0.3) is 0 Å². The third kappa shape index (κ3) is 6.47. The molecule has 2 aromatic carbocycles. The number of para-hydroxylation sites is 1. The Bertz CT molecular complexity index is 1120. The largest absolute Gasteiger partial charge is 0.346 e. The number of carbonyl (C=O) groups is 2. The molecule has 0 aliphatic rings. The van der Waals surface area contributed by atoms with E-state index in [0.29, 0.717) is 9.47 Å². The molecule has 0 saturated carbocycles. The van der Waals surface area contributed by atoms with Gasteiger partial charge in [-0.1, -0.05) is 48.2 Å². The Morgan fingerprint density at radius 1 is 1.09 bits per heavy atom. The molecule has 0 atom stereocenters. The Morgan fingerprint density at radius 2 is 1.91 bits per heavy atom. The van der Waals surface area contributed by atoms with Gasteiger partial charge in [-0.25, -0.2) is 8.78 Å². The van der Waals surface area contributed by atoms with Crippen LogP contribution in [0.25, 0.3) is 0 Å². The summed E-state index contributed by atoms with van der Waals surface area (Å²) in [5.74, 6) is -2.94. The molecular weight excluding hydrogens is 456 g/mol. The highest BCUT2D eigenvalue weighted by Crippen LogP contribution is 2.30. The second kappa shape index (κ2) is 11.0. The van der Waals surface area contributed by atoms with Crippen molar-refractivity contribution in [3.05, 3.63) is 59.2 Å². The number of benzene rings is 2. The minimum atomic E-state index is -1.07. The molecule has 3 rings (SSSR count). The lowest BCUT2D eigenvalue weighted by Gasteiger charge is -2.11. The summed E-state index contributed by atoms with van der Waals surface area (Å²) in [6.07, 6.45) is 0.883. The normalized spacial score (nSPS) is 10.6. The predicted molar refractivity (Wildman–Crippen MR) is 122 cm³/mol. The van der Waals surface area contributed by atoms with Gasteiger partial charge in [0.2, 0.25) is 16.9 Å². The average molecular weight is 478 g/mol. The highest BCUT2D eigenvalue weighted by Gasteiger charge is 2.12. The molecule has 2 amide bonds. The fourth-order valence-electron chi connectivity index (χ4n) is 2.76. The number of rotatable bonds is 9. The van der Waals surface area contributed by atoms with Gasteiger partial charge < -0.3 is 16.0 Å². The van der Waals surface area contributed by atoms with E-state index in [-0.39, 0.29) is 23.9 Å². The first-order chi connectivity index (χ1) is 15.4. The van der Waals surface area contributed by atoms with E-state index >= 15 is 0 Å². The van der Waals surface area contributed by atoms with E-state index in [2.05, 4.69) is 39.1 Å². The van der Waals surface area contributed by atoms with Gasteiger partial charge in [-0.05, 0) is 36.6 Å². The van der Waals surface area contributed by atoms with Crippen LogP contribution in [0.5, 0.6) is 0 Å². The number of nitrogens with zero attached hydrogens (tertiary/aromatic N) is 2. The molecule has 0 fully saturated rings. The monoisotopic (exact) mass is 477 g/mol. The lowest BCUT2D eigenvalue weighted by atomic mass is 10.1. The summed E-state index contributed by atoms with van der Waals surface area (Å²) in [4.78, 5) is 23.9. The minimum absolute atomic E-state index is 0.0532. The summed E-state index contributed by atoms with van der Waals surface area (Å²) >= 11 is 2.53. The SMILES string of the molecule is CCc1cccc(C)c1Nc1nnc(SCC(=O)NCC(=O)Nc2ccc(F)c(F)c2)s1. The number of halogens is 2. The van der Waals surface area contributed by atoms with Crippen molar-refractivity contribution in [2.75, 3.05) is 22.9 Å². The van der Waals surface area contributed by atoms with Crippen molar-refractivity contribution in [3.63, 3.8) is 0 Å². The number of carbonyl (C=O) groups excluding carboxylic acids is 2. The first-order valence-corrected chi connectivity index (χ1v) is 11.5. The predicted octanol–water partition coefficient (Wildman–Crippen LogP) is 4.28. The van der Waals surface area contributed by atoms with Crippen molar-refractivity contribution in [1.82, 2.24) is 15.5 Å². The Labute approximate surface area is 192 Å². The number of amides is 2. The van der Waals surface area contributed by atoms with E-state index < -0.39 is 17.5 Å². The van der Waals surface area contributed by atoms with Gasteiger partial charge in [0, 0.05) is 17.4 Å².